The van der Waals surface area contributed by atoms with Crippen molar-refractivity contribution in [3.8, 4) is 22.6 Å². The number of benzene rings is 1. The van der Waals surface area contributed by atoms with E-state index in [1.165, 1.54) is 6.33 Å². The first-order valence-corrected chi connectivity index (χ1v) is 4.83. The van der Waals surface area contributed by atoms with Crippen LogP contribution in [0.1, 0.15) is 0 Å². The second-order valence-corrected chi connectivity index (χ2v) is 3.16. The summed E-state index contributed by atoms with van der Waals surface area (Å²) in [6.45, 7) is 0. The Balaban J connectivity index is 2.62. The Morgan fingerprint density at radius 2 is 1.50 bits per heavy atom. The van der Waals surface area contributed by atoms with Gasteiger partial charge in [-0.2, -0.15) is 0 Å². The van der Waals surface area contributed by atoms with Crippen molar-refractivity contribution in [2.75, 3.05) is 14.2 Å². The number of hydrogen-bond acceptors (Lipinski definition) is 4. The van der Waals surface area contributed by atoms with Crippen LogP contribution >= 0.6 is 0 Å². The topological polar surface area (TPSA) is 44.2 Å². The molecular weight excluding hydrogens is 204 g/mol. The highest BCUT2D eigenvalue weighted by molar-refractivity contribution is 5.75. The van der Waals surface area contributed by atoms with E-state index in [4.69, 9.17) is 9.47 Å². The van der Waals surface area contributed by atoms with Gasteiger partial charge in [0, 0.05) is 18.0 Å². The Labute approximate surface area is 93.9 Å². The molecule has 0 amide bonds. The molecule has 1 aromatic heterocycles. The van der Waals surface area contributed by atoms with E-state index < -0.39 is 0 Å². The molecule has 1 heterocycles. The maximum absolute atomic E-state index is 5.31. The highest BCUT2D eigenvalue weighted by Gasteiger charge is 2.11. The molecule has 0 fully saturated rings. The van der Waals surface area contributed by atoms with E-state index in [1.54, 1.807) is 26.6 Å². The Morgan fingerprint density at radius 3 is 2.00 bits per heavy atom. The Kier molecular flexibility index (Phi) is 3.00. The third kappa shape index (κ3) is 1.82. The zero-order chi connectivity index (χ0) is 11.4. The molecule has 0 unspecified atom stereocenters. The van der Waals surface area contributed by atoms with Crippen molar-refractivity contribution in [1.29, 1.82) is 0 Å². The molecule has 0 bridgehead atoms. The van der Waals surface area contributed by atoms with Gasteiger partial charge in [-0.3, -0.25) is 0 Å². The van der Waals surface area contributed by atoms with E-state index >= 15 is 0 Å². The van der Waals surface area contributed by atoms with Crippen LogP contribution in [0.3, 0.4) is 0 Å². The molecule has 4 nitrogen and oxygen atoms in total. The molecule has 0 radical (unpaired) electrons. The maximum atomic E-state index is 5.31. The van der Waals surface area contributed by atoms with Crippen LogP contribution in [0, 0.1) is 0 Å². The molecule has 2 aromatic rings. The van der Waals surface area contributed by atoms with Crippen LogP contribution in [-0.4, -0.2) is 24.2 Å². The molecule has 1 aromatic carbocycles. The van der Waals surface area contributed by atoms with E-state index in [2.05, 4.69) is 9.97 Å². The number of methoxy groups -OCH3 is 2. The fraction of sp³-hybridized carbons (Fsp3) is 0.167. The van der Waals surface area contributed by atoms with Gasteiger partial charge in [-0.15, -0.1) is 0 Å². The molecule has 16 heavy (non-hydrogen) atoms. The smallest absolute Gasteiger partial charge is 0.130 e. The summed E-state index contributed by atoms with van der Waals surface area (Å²) in [4.78, 5) is 7.98. The van der Waals surface area contributed by atoms with Crippen molar-refractivity contribution in [3.63, 3.8) is 0 Å². The monoisotopic (exact) mass is 216 g/mol. The molecule has 0 spiro atoms. The lowest BCUT2D eigenvalue weighted by molar-refractivity contribution is 0.397. The van der Waals surface area contributed by atoms with Gasteiger partial charge in [0.15, 0.2) is 0 Å². The predicted octanol–water partition coefficient (Wildman–Crippen LogP) is 2.16. The molecule has 0 aliphatic rings. The fourth-order valence-corrected chi connectivity index (χ4v) is 1.56. The highest BCUT2D eigenvalue weighted by Crippen LogP contribution is 2.37. The number of hydrogen-bond donors (Lipinski definition) is 0. The summed E-state index contributed by atoms with van der Waals surface area (Å²) in [6, 6.07) is 5.64. The van der Waals surface area contributed by atoms with E-state index in [1.807, 2.05) is 18.2 Å². The van der Waals surface area contributed by atoms with Crippen LogP contribution in [0.2, 0.25) is 0 Å². The van der Waals surface area contributed by atoms with Gasteiger partial charge < -0.3 is 9.47 Å². The quantitative estimate of drug-likeness (QED) is 0.788. The average Bonchev–Trinajstić information content (AvgIpc) is 2.38. The second kappa shape index (κ2) is 4.61. The molecule has 2 rings (SSSR count). The second-order valence-electron chi connectivity index (χ2n) is 3.16. The van der Waals surface area contributed by atoms with Gasteiger partial charge in [-0.05, 0) is 12.1 Å². The van der Waals surface area contributed by atoms with Crippen molar-refractivity contribution in [2.45, 2.75) is 0 Å². The van der Waals surface area contributed by atoms with Crippen LogP contribution in [0.25, 0.3) is 11.1 Å². The summed E-state index contributed by atoms with van der Waals surface area (Å²) in [5, 5.41) is 0. The lowest BCUT2D eigenvalue weighted by atomic mass is 10.1. The fourth-order valence-electron chi connectivity index (χ4n) is 1.56. The van der Waals surface area contributed by atoms with Gasteiger partial charge >= 0.3 is 0 Å². The van der Waals surface area contributed by atoms with Crippen molar-refractivity contribution in [3.05, 3.63) is 36.9 Å². The minimum absolute atomic E-state index is 0.745. The Morgan fingerprint density at radius 1 is 0.938 bits per heavy atom. The van der Waals surface area contributed by atoms with E-state index in [0.717, 1.165) is 22.6 Å². The molecule has 4 heteroatoms. The summed E-state index contributed by atoms with van der Waals surface area (Å²) in [7, 11) is 3.25. The first-order chi connectivity index (χ1) is 7.86. The van der Waals surface area contributed by atoms with Crippen LogP contribution in [-0.2, 0) is 0 Å². The summed E-state index contributed by atoms with van der Waals surface area (Å²) in [6.07, 6.45) is 4.95. The predicted molar refractivity (Wildman–Crippen MR) is 60.6 cm³/mol. The van der Waals surface area contributed by atoms with E-state index in [0.29, 0.717) is 0 Å². The van der Waals surface area contributed by atoms with Gasteiger partial charge in [0.2, 0.25) is 0 Å². The molecule has 0 N–H and O–H groups in total. The van der Waals surface area contributed by atoms with Crippen molar-refractivity contribution < 1.29 is 9.47 Å². The largest absolute Gasteiger partial charge is 0.496 e. The van der Waals surface area contributed by atoms with Crippen molar-refractivity contribution in [1.82, 2.24) is 9.97 Å². The van der Waals surface area contributed by atoms with Crippen LogP contribution in [0.5, 0.6) is 11.5 Å². The van der Waals surface area contributed by atoms with Gasteiger partial charge in [-0.25, -0.2) is 9.97 Å². The summed E-state index contributed by atoms with van der Waals surface area (Å²) in [5.74, 6) is 1.49. The zero-order valence-electron chi connectivity index (χ0n) is 9.18. The molecule has 0 aliphatic carbocycles. The van der Waals surface area contributed by atoms with E-state index in [-0.39, 0.29) is 0 Å². The minimum atomic E-state index is 0.745. The lowest BCUT2D eigenvalue weighted by Gasteiger charge is -2.12. The average molecular weight is 216 g/mol. The third-order valence-corrected chi connectivity index (χ3v) is 2.28. The number of rotatable bonds is 3. The molecule has 0 saturated heterocycles. The number of aromatic nitrogens is 2. The van der Waals surface area contributed by atoms with Crippen molar-refractivity contribution in [2.24, 2.45) is 0 Å². The minimum Gasteiger partial charge on any atom is -0.496 e. The highest BCUT2D eigenvalue weighted by atomic mass is 16.5. The first kappa shape index (κ1) is 10.4. The summed E-state index contributed by atoms with van der Waals surface area (Å²) < 4.78 is 10.6. The SMILES string of the molecule is COc1cccc(OC)c1-c1cncnc1. The number of ether oxygens (including phenoxy) is 2. The molecule has 0 atom stereocenters. The molecule has 0 saturated carbocycles. The summed E-state index contributed by atoms with van der Waals surface area (Å²) >= 11 is 0. The Hall–Kier alpha value is -2.10. The van der Waals surface area contributed by atoms with Crippen molar-refractivity contribution >= 4 is 0 Å². The molecular formula is C12H12N2O2. The van der Waals surface area contributed by atoms with Crippen LogP contribution < -0.4 is 9.47 Å². The first-order valence-electron chi connectivity index (χ1n) is 4.83. The molecule has 82 valence electrons. The maximum Gasteiger partial charge on any atom is 0.130 e. The zero-order valence-corrected chi connectivity index (χ0v) is 9.18. The summed E-state index contributed by atoms with van der Waals surface area (Å²) in [5.41, 5.74) is 1.74. The van der Waals surface area contributed by atoms with Crippen LogP contribution in [0.15, 0.2) is 36.9 Å². The van der Waals surface area contributed by atoms with Crippen LogP contribution in [0.4, 0.5) is 0 Å². The van der Waals surface area contributed by atoms with Gasteiger partial charge in [0.25, 0.3) is 0 Å². The third-order valence-electron chi connectivity index (χ3n) is 2.28. The Bertz CT molecular complexity index is 449. The van der Waals surface area contributed by atoms with Gasteiger partial charge in [-0.1, -0.05) is 6.07 Å². The standard InChI is InChI=1S/C12H12N2O2/c1-15-10-4-3-5-11(16-2)12(10)9-6-13-8-14-7-9/h3-8H,1-2H3. The lowest BCUT2D eigenvalue weighted by Crippen LogP contribution is -1.93. The normalized spacial score (nSPS) is 9.88. The number of nitrogens with zero attached hydrogens (tertiary/aromatic N) is 2. The molecule has 0 aliphatic heterocycles. The van der Waals surface area contributed by atoms with Gasteiger partial charge in [0.1, 0.15) is 17.8 Å². The van der Waals surface area contributed by atoms with Gasteiger partial charge in [0.05, 0.1) is 19.8 Å². The van der Waals surface area contributed by atoms with E-state index in [9.17, 15) is 0 Å².